The van der Waals surface area contributed by atoms with Gasteiger partial charge >= 0.3 is 0 Å². The minimum absolute atomic E-state index is 0.202. The van der Waals surface area contributed by atoms with E-state index >= 15 is 0 Å². The third kappa shape index (κ3) is 2.71. The van der Waals surface area contributed by atoms with Gasteiger partial charge in [0.1, 0.15) is 0 Å². The topological polar surface area (TPSA) is 32.3 Å². The van der Waals surface area contributed by atoms with Crippen LogP contribution in [0.2, 0.25) is 0 Å². The molecule has 2 rings (SSSR count). The van der Waals surface area contributed by atoms with Crippen molar-refractivity contribution < 1.29 is 4.79 Å². The Kier molecular flexibility index (Phi) is 3.62. The fraction of sp³-hybridized carbons (Fsp3) is 0.917. The van der Waals surface area contributed by atoms with Gasteiger partial charge in [0.05, 0.1) is 0 Å². The molecule has 1 heterocycles. The normalized spacial score (nSPS) is 28.5. The number of carbonyl (C=O) groups is 1. The number of amides is 1. The van der Waals surface area contributed by atoms with Crippen molar-refractivity contribution in [3.8, 4) is 0 Å². The van der Waals surface area contributed by atoms with Crippen LogP contribution in [0.1, 0.15) is 45.4 Å². The van der Waals surface area contributed by atoms with Crippen molar-refractivity contribution in [1.29, 1.82) is 0 Å². The van der Waals surface area contributed by atoms with Gasteiger partial charge in [-0.15, -0.1) is 0 Å². The molecule has 0 bridgehead atoms. The lowest BCUT2D eigenvalue weighted by Crippen LogP contribution is -2.38. The first kappa shape index (κ1) is 10.9. The van der Waals surface area contributed by atoms with Crippen molar-refractivity contribution in [3.05, 3.63) is 0 Å². The van der Waals surface area contributed by atoms with E-state index in [1.165, 1.54) is 32.2 Å². The molecule has 1 saturated heterocycles. The Morgan fingerprint density at radius 1 is 1.33 bits per heavy atom. The molecular formula is C12H22N2O. The molecule has 0 radical (unpaired) electrons. The molecule has 1 saturated carbocycles. The van der Waals surface area contributed by atoms with Crippen LogP contribution in [-0.4, -0.2) is 36.0 Å². The Morgan fingerprint density at radius 2 is 2.07 bits per heavy atom. The van der Waals surface area contributed by atoms with Gasteiger partial charge in [0.2, 0.25) is 5.91 Å². The van der Waals surface area contributed by atoms with Gasteiger partial charge in [0.25, 0.3) is 0 Å². The van der Waals surface area contributed by atoms with E-state index in [1.54, 1.807) is 0 Å². The van der Waals surface area contributed by atoms with Crippen LogP contribution in [0.15, 0.2) is 0 Å². The predicted molar refractivity (Wildman–Crippen MR) is 60.7 cm³/mol. The van der Waals surface area contributed by atoms with Gasteiger partial charge in [-0.05, 0) is 19.3 Å². The fourth-order valence-corrected chi connectivity index (χ4v) is 2.84. The van der Waals surface area contributed by atoms with Crippen molar-refractivity contribution in [3.63, 3.8) is 0 Å². The Labute approximate surface area is 92.2 Å². The lowest BCUT2D eigenvalue weighted by Gasteiger charge is -2.23. The van der Waals surface area contributed by atoms with Crippen molar-refractivity contribution in [2.45, 2.75) is 57.5 Å². The average Bonchev–Trinajstić information content (AvgIpc) is 2.85. The molecular weight excluding hydrogens is 188 g/mol. The first-order valence-electron chi connectivity index (χ1n) is 6.33. The maximum Gasteiger partial charge on any atom is 0.219 e. The number of carbonyl (C=O) groups excluding carboxylic acids is 1. The summed E-state index contributed by atoms with van der Waals surface area (Å²) >= 11 is 0. The summed E-state index contributed by atoms with van der Waals surface area (Å²) in [5.74, 6) is 0.202. The van der Waals surface area contributed by atoms with Crippen LogP contribution in [0.25, 0.3) is 0 Å². The van der Waals surface area contributed by atoms with E-state index in [-0.39, 0.29) is 5.91 Å². The molecule has 1 N–H and O–H groups in total. The zero-order chi connectivity index (χ0) is 10.7. The number of rotatable bonds is 3. The zero-order valence-electron chi connectivity index (χ0n) is 9.67. The molecule has 86 valence electrons. The monoisotopic (exact) mass is 210 g/mol. The summed E-state index contributed by atoms with van der Waals surface area (Å²) in [5, 5.41) is 3.10. The Balaban J connectivity index is 1.76. The summed E-state index contributed by atoms with van der Waals surface area (Å²) < 4.78 is 0. The SMILES string of the molecule is CCC(=O)NC1CCN(C2CCCC2)C1. The van der Waals surface area contributed by atoms with E-state index in [4.69, 9.17) is 0 Å². The van der Waals surface area contributed by atoms with Crippen molar-refractivity contribution in [2.24, 2.45) is 0 Å². The van der Waals surface area contributed by atoms with Crippen LogP contribution in [0.5, 0.6) is 0 Å². The van der Waals surface area contributed by atoms with E-state index < -0.39 is 0 Å². The third-order valence-electron chi connectivity index (χ3n) is 3.75. The van der Waals surface area contributed by atoms with E-state index in [1.807, 2.05) is 6.92 Å². The molecule has 0 aromatic heterocycles. The third-order valence-corrected chi connectivity index (χ3v) is 3.75. The quantitative estimate of drug-likeness (QED) is 0.766. The Bertz CT molecular complexity index is 224. The molecule has 3 heteroatoms. The highest BCUT2D eigenvalue weighted by molar-refractivity contribution is 5.75. The average molecular weight is 210 g/mol. The summed E-state index contributed by atoms with van der Waals surface area (Å²) in [5.41, 5.74) is 0. The van der Waals surface area contributed by atoms with Gasteiger partial charge in [-0.2, -0.15) is 0 Å². The van der Waals surface area contributed by atoms with Crippen molar-refractivity contribution in [1.82, 2.24) is 10.2 Å². The Morgan fingerprint density at radius 3 is 2.73 bits per heavy atom. The van der Waals surface area contributed by atoms with E-state index in [0.717, 1.165) is 19.0 Å². The van der Waals surface area contributed by atoms with Crippen LogP contribution in [0.4, 0.5) is 0 Å². The van der Waals surface area contributed by atoms with Crippen molar-refractivity contribution in [2.75, 3.05) is 13.1 Å². The molecule has 1 unspecified atom stereocenters. The lowest BCUT2D eigenvalue weighted by molar-refractivity contribution is -0.121. The Hall–Kier alpha value is -0.570. The highest BCUT2D eigenvalue weighted by Crippen LogP contribution is 2.26. The van der Waals surface area contributed by atoms with Gasteiger partial charge in [-0.1, -0.05) is 19.8 Å². The summed E-state index contributed by atoms with van der Waals surface area (Å²) in [6.45, 7) is 4.18. The molecule has 1 atom stereocenters. The van der Waals surface area contributed by atoms with Gasteiger partial charge in [-0.3, -0.25) is 9.69 Å². The van der Waals surface area contributed by atoms with Crippen LogP contribution in [-0.2, 0) is 4.79 Å². The van der Waals surface area contributed by atoms with Crippen LogP contribution in [0, 0.1) is 0 Å². The van der Waals surface area contributed by atoms with Gasteiger partial charge < -0.3 is 5.32 Å². The molecule has 0 aromatic rings. The summed E-state index contributed by atoms with van der Waals surface area (Å²) in [4.78, 5) is 13.8. The second kappa shape index (κ2) is 4.97. The van der Waals surface area contributed by atoms with Crippen LogP contribution < -0.4 is 5.32 Å². The zero-order valence-corrected chi connectivity index (χ0v) is 9.67. The molecule has 3 nitrogen and oxygen atoms in total. The smallest absolute Gasteiger partial charge is 0.219 e. The number of hydrogen-bond acceptors (Lipinski definition) is 2. The first-order valence-corrected chi connectivity index (χ1v) is 6.33. The molecule has 15 heavy (non-hydrogen) atoms. The summed E-state index contributed by atoms with van der Waals surface area (Å²) in [6.07, 6.45) is 7.28. The van der Waals surface area contributed by atoms with Gasteiger partial charge in [-0.25, -0.2) is 0 Å². The van der Waals surface area contributed by atoms with E-state index in [0.29, 0.717) is 12.5 Å². The predicted octanol–water partition coefficient (Wildman–Crippen LogP) is 1.53. The molecule has 1 aliphatic carbocycles. The van der Waals surface area contributed by atoms with Crippen molar-refractivity contribution >= 4 is 5.91 Å². The fourth-order valence-electron chi connectivity index (χ4n) is 2.84. The summed E-state index contributed by atoms with van der Waals surface area (Å²) in [6, 6.07) is 1.23. The maximum absolute atomic E-state index is 11.3. The van der Waals surface area contributed by atoms with E-state index in [2.05, 4.69) is 10.2 Å². The number of nitrogens with zero attached hydrogens (tertiary/aromatic N) is 1. The first-order chi connectivity index (χ1) is 7.29. The second-order valence-corrected chi connectivity index (χ2v) is 4.84. The number of hydrogen-bond donors (Lipinski definition) is 1. The minimum atomic E-state index is 0.202. The molecule has 0 spiro atoms. The molecule has 0 aromatic carbocycles. The van der Waals surface area contributed by atoms with Gasteiger partial charge in [0.15, 0.2) is 0 Å². The minimum Gasteiger partial charge on any atom is -0.352 e. The van der Waals surface area contributed by atoms with Crippen LogP contribution in [0.3, 0.4) is 0 Å². The van der Waals surface area contributed by atoms with E-state index in [9.17, 15) is 4.79 Å². The highest BCUT2D eigenvalue weighted by atomic mass is 16.1. The largest absolute Gasteiger partial charge is 0.352 e. The molecule has 2 aliphatic rings. The second-order valence-electron chi connectivity index (χ2n) is 4.84. The standard InChI is InChI=1S/C12H22N2O/c1-2-12(15)13-10-7-8-14(9-10)11-5-3-4-6-11/h10-11H,2-9H2,1H3,(H,13,15). The molecule has 1 aliphatic heterocycles. The molecule has 2 fully saturated rings. The van der Waals surface area contributed by atoms with Gasteiger partial charge in [0, 0.05) is 31.6 Å². The lowest BCUT2D eigenvalue weighted by atomic mass is 10.2. The van der Waals surface area contributed by atoms with Crippen LogP contribution >= 0.6 is 0 Å². The molecule has 1 amide bonds. The number of nitrogens with one attached hydrogen (secondary N) is 1. The maximum atomic E-state index is 11.3. The summed E-state index contributed by atoms with van der Waals surface area (Å²) in [7, 11) is 0. The number of likely N-dealkylation sites (tertiary alicyclic amines) is 1. The highest BCUT2D eigenvalue weighted by Gasteiger charge is 2.30.